The lowest BCUT2D eigenvalue weighted by Gasteiger charge is -2.12. The molecule has 1 atom stereocenters. The maximum Gasteiger partial charge on any atom is 0.303 e. The van der Waals surface area contributed by atoms with Crippen molar-refractivity contribution in [3.63, 3.8) is 0 Å². The third kappa shape index (κ3) is 7.27. The molecule has 0 aromatic carbocycles. The Kier molecular flexibility index (Phi) is 5.88. The summed E-state index contributed by atoms with van der Waals surface area (Å²) in [5.74, 6) is -1.87. The van der Waals surface area contributed by atoms with Gasteiger partial charge in [0.2, 0.25) is 0 Å². The van der Waals surface area contributed by atoms with Gasteiger partial charge in [0.15, 0.2) is 0 Å². The fourth-order valence-corrected chi connectivity index (χ4v) is 1.14. The molecule has 0 saturated carbocycles. The minimum absolute atomic E-state index is 0.0219. The Hall–Kier alpha value is -1.10. The van der Waals surface area contributed by atoms with Gasteiger partial charge >= 0.3 is 11.9 Å². The number of nitrogens with one attached hydrogen (secondary N) is 1. The molecule has 0 rings (SSSR count). The molecule has 0 aromatic heterocycles. The average Bonchev–Trinajstić information content (AvgIpc) is 1.99. The Labute approximate surface area is 76.8 Å². The van der Waals surface area contributed by atoms with Gasteiger partial charge in [-0.15, -0.1) is 0 Å². The van der Waals surface area contributed by atoms with Crippen LogP contribution in [-0.4, -0.2) is 35.7 Å². The minimum atomic E-state index is -0.884. The molecule has 0 aliphatic heterocycles. The Morgan fingerprint density at radius 2 is 1.92 bits per heavy atom. The van der Waals surface area contributed by atoms with Crippen LogP contribution in [0.2, 0.25) is 0 Å². The lowest BCUT2D eigenvalue weighted by Crippen LogP contribution is -2.22. The van der Waals surface area contributed by atoms with Gasteiger partial charge in [0.05, 0.1) is 0 Å². The second kappa shape index (κ2) is 6.42. The first-order valence-electron chi connectivity index (χ1n) is 4.14. The summed E-state index contributed by atoms with van der Waals surface area (Å²) in [4.78, 5) is 20.6. The van der Waals surface area contributed by atoms with Gasteiger partial charge in [-0.25, -0.2) is 0 Å². The van der Waals surface area contributed by atoms with Crippen molar-refractivity contribution < 1.29 is 19.8 Å². The van der Waals surface area contributed by atoms with E-state index >= 15 is 0 Å². The SMILES string of the molecule is CNCC(CCC(=O)O)CC(=O)O. The Morgan fingerprint density at radius 1 is 1.31 bits per heavy atom. The van der Waals surface area contributed by atoms with Crippen molar-refractivity contribution >= 4 is 11.9 Å². The van der Waals surface area contributed by atoms with Crippen LogP contribution >= 0.6 is 0 Å². The molecule has 5 heteroatoms. The first-order valence-corrected chi connectivity index (χ1v) is 4.14. The van der Waals surface area contributed by atoms with Gasteiger partial charge < -0.3 is 15.5 Å². The van der Waals surface area contributed by atoms with Gasteiger partial charge in [0.1, 0.15) is 0 Å². The molecule has 1 unspecified atom stereocenters. The molecule has 0 heterocycles. The number of hydrogen-bond donors (Lipinski definition) is 3. The zero-order chi connectivity index (χ0) is 10.3. The molecule has 0 radical (unpaired) electrons. The molecular formula is C8H15NO4. The molecule has 3 N–H and O–H groups in total. The van der Waals surface area contributed by atoms with E-state index in [4.69, 9.17) is 10.2 Å². The zero-order valence-electron chi connectivity index (χ0n) is 7.62. The third-order valence-corrected chi connectivity index (χ3v) is 1.72. The Morgan fingerprint density at radius 3 is 2.31 bits per heavy atom. The first-order chi connectivity index (χ1) is 6.06. The maximum atomic E-state index is 10.4. The van der Waals surface area contributed by atoms with Gasteiger partial charge in [0, 0.05) is 12.8 Å². The van der Waals surface area contributed by atoms with Crippen molar-refractivity contribution in [2.75, 3.05) is 13.6 Å². The molecule has 0 bridgehead atoms. The molecule has 0 spiro atoms. The first kappa shape index (κ1) is 11.9. The van der Waals surface area contributed by atoms with Crippen LogP contribution in [0.5, 0.6) is 0 Å². The summed E-state index contributed by atoms with van der Waals surface area (Å²) in [6.07, 6.45) is 0.455. The Bertz CT molecular complexity index is 181. The summed E-state index contributed by atoms with van der Waals surface area (Å²) in [5.41, 5.74) is 0. The molecule has 0 aromatic rings. The van der Waals surface area contributed by atoms with Crippen LogP contribution in [0.4, 0.5) is 0 Å². The van der Waals surface area contributed by atoms with E-state index in [0.717, 1.165) is 0 Å². The van der Waals surface area contributed by atoms with Gasteiger partial charge in [0.25, 0.3) is 0 Å². The number of carboxylic acid groups (broad SMARTS) is 2. The summed E-state index contributed by atoms with van der Waals surface area (Å²) < 4.78 is 0. The summed E-state index contributed by atoms with van der Waals surface area (Å²) in [7, 11) is 1.72. The highest BCUT2D eigenvalue weighted by molar-refractivity contribution is 5.68. The van der Waals surface area contributed by atoms with Crippen molar-refractivity contribution in [3.8, 4) is 0 Å². The quantitative estimate of drug-likeness (QED) is 0.531. The number of hydrogen-bond acceptors (Lipinski definition) is 3. The number of aliphatic carboxylic acids is 2. The maximum absolute atomic E-state index is 10.4. The standard InChI is InChI=1S/C8H15NO4/c1-9-5-6(4-8(12)13)2-3-7(10)11/h6,9H,2-5H2,1H3,(H,10,11)(H,12,13). The summed E-state index contributed by atoms with van der Waals surface area (Å²) >= 11 is 0. The van der Waals surface area contributed by atoms with Gasteiger partial charge in [-0.3, -0.25) is 9.59 Å². The van der Waals surface area contributed by atoms with E-state index in [1.807, 2.05) is 0 Å². The van der Waals surface area contributed by atoms with E-state index < -0.39 is 11.9 Å². The molecular weight excluding hydrogens is 174 g/mol. The lowest BCUT2D eigenvalue weighted by molar-refractivity contribution is -0.140. The van der Waals surface area contributed by atoms with Crippen molar-refractivity contribution in [1.82, 2.24) is 5.32 Å². The van der Waals surface area contributed by atoms with Gasteiger partial charge in [-0.1, -0.05) is 0 Å². The number of rotatable bonds is 7. The van der Waals surface area contributed by atoms with E-state index in [1.54, 1.807) is 7.05 Å². The number of carboxylic acids is 2. The molecule has 0 aliphatic rings. The number of carbonyl (C=O) groups is 2. The highest BCUT2D eigenvalue weighted by atomic mass is 16.4. The predicted octanol–water partition coefficient (Wildman–Crippen LogP) is 0.161. The summed E-state index contributed by atoms with van der Waals surface area (Å²) in [6.45, 7) is 0.541. The van der Waals surface area contributed by atoms with E-state index in [-0.39, 0.29) is 18.8 Å². The molecule has 5 nitrogen and oxygen atoms in total. The van der Waals surface area contributed by atoms with E-state index in [0.29, 0.717) is 13.0 Å². The van der Waals surface area contributed by atoms with Crippen LogP contribution in [0.15, 0.2) is 0 Å². The van der Waals surface area contributed by atoms with E-state index in [2.05, 4.69) is 5.32 Å². The second-order valence-corrected chi connectivity index (χ2v) is 2.95. The van der Waals surface area contributed by atoms with Crippen molar-refractivity contribution in [3.05, 3.63) is 0 Å². The van der Waals surface area contributed by atoms with E-state index in [9.17, 15) is 9.59 Å². The fourth-order valence-electron chi connectivity index (χ4n) is 1.14. The fraction of sp³-hybridized carbons (Fsp3) is 0.750. The van der Waals surface area contributed by atoms with Crippen molar-refractivity contribution in [1.29, 1.82) is 0 Å². The molecule has 0 saturated heterocycles. The van der Waals surface area contributed by atoms with Crippen molar-refractivity contribution in [2.45, 2.75) is 19.3 Å². The molecule has 13 heavy (non-hydrogen) atoms. The normalized spacial score (nSPS) is 12.4. The van der Waals surface area contributed by atoms with Crippen LogP contribution in [0, 0.1) is 5.92 Å². The predicted molar refractivity (Wildman–Crippen MR) is 46.5 cm³/mol. The van der Waals surface area contributed by atoms with Crippen molar-refractivity contribution in [2.24, 2.45) is 5.92 Å². The molecule has 0 aliphatic carbocycles. The molecule has 0 amide bonds. The monoisotopic (exact) mass is 189 g/mol. The average molecular weight is 189 g/mol. The summed E-state index contributed by atoms with van der Waals surface area (Å²) in [6, 6.07) is 0. The van der Waals surface area contributed by atoms with Gasteiger partial charge in [-0.05, 0) is 25.9 Å². The van der Waals surface area contributed by atoms with Gasteiger partial charge in [-0.2, -0.15) is 0 Å². The largest absolute Gasteiger partial charge is 0.481 e. The van der Waals surface area contributed by atoms with Crippen LogP contribution in [0.25, 0.3) is 0 Å². The zero-order valence-corrected chi connectivity index (χ0v) is 7.62. The smallest absolute Gasteiger partial charge is 0.303 e. The highest BCUT2D eigenvalue weighted by Crippen LogP contribution is 2.10. The highest BCUT2D eigenvalue weighted by Gasteiger charge is 2.13. The van der Waals surface area contributed by atoms with Crippen LogP contribution in [0.3, 0.4) is 0 Å². The minimum Gasteiger partial charge on any atom is -0.481 e. The lowest BCUT2D eigenvalue weighted by atomic mass is 9.99. The van der Waals surface area contributed by atoms with Crippen LogP contribution in [0.1, 0.15) is 19.3 Å². The van der Waals surface area contributed by atoms with Crippen LogP contribution < -0.4 is 5.32 Å². The summed E-state index contributed by atoms with van der Waals surface area (Å²) in [5, 5.41) is 19.7. The molecule has 76 valence electrons. The molecule has 0 fully saturated rings. The Balaban J connectivity index is 3.79. The third-order valence-electron chi connectivity index (χ3n) is 1.72. The van der Waals surface area contributed by atoms with Crippen LogP contribution in [-0.2, 0) is 9.59 Å². The topological polar surface area (TPSA) is 86.6 Å². The second-order valence-electron chi connectivity index (χ2n) is 2.95. The van der Waals surface area contributed by atoms with E-state index in [1.165, 1.54) is 0 Å².